The summed E-state index contributed by atoms with van der Waals surface area (Å²) in [5, 5.41) is 0. The summed E-state index contributed by atoms with van der Waals surface area (Å²) in [6.45, 7) is 14.0. The first-order valence-electron chi connectivity index (χ1n) is 4.19. The van der Waals surface area contributed by atoms with E-state index in [9.17, 15) is 0 Å². The molecule has 0 aliphatic carbocycles. The van der Waals surface area contributed by atoms with E-state index in [1.165, 1.54) is 22.3 Å². The standard InChI is InChI=1S/C12H15/c1-8(2)12-10(4)6-9(3)7-11(12)5/h1,6-7H,2-5H3. The molecule has 0 saturated carbocycles. The molecule has 1 radical (unpaired) electrons. The first-order valence-corrected chi connectivity index (χ1v) is 4.19. The summed E-state index contributed by atoms with van der Waals surface area (Å²) in [7, 11) is 0. The van der Waals surface area contributed by atoms with Crippen LogP contribution in [-0.4, -0.2) is 0 Å². The molecule has 12 heavy (non-hydrogen) atoms. The molecule has 63 valence electrons. The highest BCUT2D eigenvalue weighted by molar-refractivity contribution is 5.66. The summed E-state index contributed by atoms with van der Waals surface area (Å²) < 4.78 is 0. The molecular formula is C12H15. The Morgan fingerprint density at radius 2 is 1.50 bits per heavy atom. The molecule has 0 nitrogen and oxygen atoms in total. The van der Waals surface area contributed by atoms with Gasteiger partial charge in [-0.15, -0.1) is 0 Å². The van der Waals surface area contributed by atoms with Crippen LogP contribution in [0.15, 0.2) is 12.1 Å². The van der Waals surface area contributed by atoms with Crippen molar-refractivity contribution in [2.24, 2.45) is 0 Å². The Bertz CT molecular complexity index is 296. The highest BCUT2D eigenvalue weighted by atomic mass is 14.1. The van der Waals surface area contributed by atoms with Crippen LogP contribution in [0, 0.1) is 27.4 Å². The molecule has 1 rings (SSSR count). The highest BCUT2D eigenvalue weighted by Crippen LogP contribution is 2.22. The van der Waals surface area contributed by atoms with Crippen LogP contribution in [0.4, 0.5) is 0 Å². The van der Waals surface area contributed by atoms with E-state index in [2.05, 4.69) is 32.9 Å². The molecule has 1 aromatic rings. The number of hydrogen-bond acceptors (Lipinski definition) is 0. The Kier molecular flexibility index (Phi) is 2.37. The van der Waals surface area contributed by atoms with Crippen molar-refractivity contribution in [1.82, 2.24) is 0 Å². The molecule has 0 aliphatic rings. The maximum Gasteiger partial charge on any atom is -0.0169 e. The van der Waals surface area contributed by atoms with Gasteiger partial charge in [-0.2, -0.15) is 0 Å². The van der Waals surface area contributed by atoms with E-state index >= 15 is 0 Å². The van der Waals surface area contributed by atoms with Crippen molar-refractivity contribution >= 4 is 5.57 Å². The number of benzene rings is 1. The fourth-order valence-corrected chi connectivity index (χ4v) is 1.80. The third-order valence-electron chi connectivity index (χ3n) is 2.07. The Balaban J connectivity index is 3.38. The summed E-state index contributed by atoms with van der Waals surface area (Å²) in [6, 6.07) is 4.33. The van der Waals surface area contributed by atoms with Crippen molar-refractivity contribution in [3.05, 3.63) is 41.0 Å². The molecule has 0 aromatic heterocycles. The lowest BCUT2D eigenvalue weighted by molar-refractivity contribution is 1.28. The maximum absolute atomic E-state index is 5.78. The van der Waals surface area contributed by atoms with Gasteiger partial charge in [0.15, 0.2) is 0 Å². The minimum absolute atomic E-state index is 0.907. The summed E-state index contributed by atoms with van der Waals surface area (Å²) in [5.41, 5.74) is 5.96. The SMILES string of the molecule is [CH]=C(C)c1c(C)cc(C)cc1C. The van der Waals surface area contributed by atoms with Crippen LogP contribution in [-0.2, 0) is 0 Å². The number of aryl methyl sites for hydroxylation is 3. The van der Waals surface area contributed by atoms with Crippen LogP contribution in [0.5, 0.6) is 0 Å². The predicted molar refractivity (Wildman–Crippen MR) is 54.0 cm³/mol. The molecule has 0 spiro atoms. The molecule has 0 heteroatoms. The molecule has 0 amide bonds. The van der Waals surface area contributed by atoms with E-state index < -0.39 is 0 Å². The zero-order chi connectivity index (χ0) is 9.30. The third kappa shape index (κ3) is 1.58. The Labute approximate surface area is 74.9 Å². The smallest absolute Gasteiger partial charge is 0.0169 e. The fourth-order valence-electron chi connectivity index (χ4n) is 1.80. The van der Waals surface area contributed by atoms with Crippen molar-refractivity contribution in [2.75, 3.05) is 0 Å². The van der Waals surface area contributed by atoms with Crippen LogP contribution in [0.3, 0.4) is 0 Å². The van der Waals surface area contributed by atoms with Gasteiger partial charge in [-0.3, -0.25) is 0 Å². The van der Waals surface area contributed by atoms with E-state index in [1.54, 1.807) is 0 Å². The third-order valence-corrected chi connectivity index (χ3v) is 2.07. The van der Waals surface area contributed by atoms with Crippen LogP contribution < -0.4 is 0 Å². The maximum atomic E-state index is 5.78. The molecule has 0 atom stereocenters. The van der Waals surface area contributed by atoms with E-state index in [0.717, 1.165) is 5.57 Å². The quantitative estimate of drug-likeness (QED) is 0.588. The Morgan fingerprint density at radius 1 is 1.08 bits per heavy atom. The molecule has 0 fully saturated rings. The molecule has 0 N–H and O–H groups in total. The Hall–Kier alpha value is -1.04. The number of allylic oxidation sites excluding steroid dienone is 1. The lowest BCUT2D eigenvalue weighted by Gasteiger charge is -2.10. The molecule has 0 aliphatic heterocycles. The first-order chi connectivity index (χ1) is 5.52. The van der Waals surface area contributed by atoms with Crippen LogP contribution >= 0.6 is 0 Å². The van der Waals surface area contributed by atoms with Gasteiger partial charge in [0.05, 0.1) is 0 Å². The monoisotopic (exact) mass is 159 g/mol. The van der Waals surface area contributed by atoms with Gasteiger partial charge >= 0.3 is 0 Å². The lowest BCUT2D eigenvalue weighted by Crippen LogP contribution is -1.91. The second-order valence-electron chi connectivity index (χ2n) is 3.46. The fraction of sp³-hybridized carbons (Fsp3) is 0.333. The number of hydrogen-bond donors (Lipinski definition) is 0. The van der Waals surface area contributed by atoms with Crippen LogP contribution in [0.25, 0.3) is 5.57 Å². The van der Waals surface area contributed by atoms with Crippen molar-refractivity contribution in [3.63, 3.8) is 0 Å². The largest absolute Gasteiger partial charge is 0.0584 e. The molecule has 1 aromatic carbocycles. The van der Waals surface area contributed by atoms with E-state index in [1.807, 2.05) is 6.92 Å². The van der Waals surface area contributed by atoms with Gasteiger partial charge in [0.25, 0.3) is 0 Å². The second kappa shape index (κ2) is 3.14. The first kappa shape index (κ1) is 9.05. The summed E-state index contributed by atoms with van der Waals surface area (Å²) >= 11 is 0. The highest BCUT2D eigenvalue weighted by Gasteiger charge is 2.03. The normalized spacial score (nSPS) is 10.0. The number of rotatable bonds is 1. The van der Waals surface area contributed by atoms with Crippen molar-refractivity contribution < 1.29 is 0 Å². The summed E-state index contributed by atoms with van der Waals surface area (Å²) in [6.07, 6.45) is 0. The van der Waals surface area contributed by atoms with E-state index in [0.29, 0.717) is 0 Å². The van der Waals surface area contributed by atoms with Crippen LogP contribution in [0.2, 0.25) is 0 Å². The zero-order valence-corrected chi connectivity index (χ0v) is 8.23. The molecule has 0 heterocycles. The van der Waals surface area contributed by atoms with Crippen molar-refractivity contribution in [3.8, 4) is 0 Å². The average Bonchev–Trinajstić information content (AvgIpc) is 1.82. The van der Waals surface area contributed by atoms with E-state index in [-0.39, 0.29) is 0 Å². The van der Waals surface area contributed by atoms with Crippen molar-refractivity contribution in [2.45, 2.75) is 27.7 Å². The molecule has 0 bridgehead atoms. The van der Waals surface area contributed by atoms with E-state index in [4.69, 9.17) is 6.58 Å². The van der Waals surface area contributed by atoms with Gasteiger partial charge in [-0.05, 0) is 50.0 Å². The van der Waals surface area contributed by atoms with Gasteiger partial charge in [0, 0.05) is 0 Å². The summed E-state index contributed by atoms with van der Waals surface area (Å²) in [5.74, 6) is 0. The lowest BCUT2D eigenvalue weighted by atomic mass is 9.95. The topological polar surface area (TPSA) is 0 Å². The van der Waals surface area contributed by atoms with Gasteiger partial charge in [0.1, 0.15) is 0 Å². The van der Waals surface area contributed by atoms with Gasteiger partial charge in [-0.1, -0.05) is 24.3 Å². The minimum Gasteiger partial charge on any atom is -0.0584 e. The van der Waals surface area contributed by atoms with Gasteiger partial charge in [-0.25, -0.2) is 0 Å². The minimum atomic E-state index is 0.907. The van der Waals surface area contributed by atoms with Crippen molar-refractivity contribution in [1.29, 1.82) is 0 Å². The van der Waals surface area contributed by atoms with Gasteiger partial charge < -0.3 is 0 Å². The van der Waals surface area contributed by atoms with Gasteiger partial charge in [0.2, 0.25) is 0 Å². The van der Waals surface area contributed by atoms with Crippen LogP contribution in [0.1, 0.15) is 29.2 Å². The average molecular weight is 159 g/mol. The zero-order valence-electron chi connectivity index (χ0n) is 8.23. The molecular weight excluding hydrogens is 144 g/mol. The summed E-state index contributed by atoms with van der Waals surface area (Å²) in [4.78, 5) is 0. The second-order valence-corrected chi connectivity index (χ2v) is 3.46. The Morgan fingerprint density at radius 3 is 1.83 bits per heavy atom. The molecule has 0 unspecified atom stereocenters. The molecule has 0 saturated heterocycles. The predicted octanol–water partition coefficient (Wildman–Crippen LogP) is 3.45.